The molecule has 0 rings (SSSR count). The van der Waals surface area contributed by atoms with E-state index >= 15 is 0 Å². The van der Waals surface area contributed by atoms with Gasteiger partial charge in [0.1, 0.15) is 10.7 Å². The van der Waals surface area contributed by atoms with E-state index in [2.05, 4.69) is 13.8 Å². The fourth-order valence-corrected chi connectivity index (χ4v) is 3.59. The van der Waals surface area contributed by atoms with Gasteiger partial charge in [-0.3, -0.25) is 4.79 Å². The fraction of sp³-hybridized carbons (Fsp3) is 0.692. The average molecular weight is 306 g/mol. The molecule has 0 aliphatic heterocycles. The first-order valence-electron chi connectivity index (χ1n) is 6.49. The molecule has 19 heavy (non-hydrogen) atoms. The molecular formula is C13H22O4S2. The minimum atomic E-state index is -0.940. The number of hydrogen-bond donors (Lipinski definition) is 2. The monoisotopic (exact) mass is 306 g/mol. The Hall–Kier alpha value is -0.620. The summed E-state index contributed by atoms with van der Waals surface area (Å²) in [6.45, 7) is 4.15. The van der Waals surface area contributed by atoms with Gasteiger partial charge >= 0.3 is 11.9 Å². The van der Waals surface area contributed by atoms with Crippen molar-refractivity contribution in [1.29, 1.82) is 0 Å². The highest BCUT2D eigenvalue weighted by atomic mass is 33.1. The van der Waals surface area contributed by atoms with Crippen LogP contribution >= 0.6 is 21.6 Å². The largest absolute Gasteiger partial charge is 0.481 e. The molecule has 6 heteroatoms. The van der Waals surface area contributed by atoms with Crippen molar-refractivity contribution in [2.24, 2.45) is 0 Å². The summed E-state index contributed by atoms with van der Waals surface area (Å²) in [4.78, 5) is 22.1. The highest BCUT2D eigenvalue weighted by Gasteiger charge is 2.16. The highest BCUT2D eigenvalue weighted by molar-refractivity contribution is 8.78. The van der Waals surface area contributed by atoms with E-state index in [9.17, 15) is 14.7 Å². The van der Waals surface area contributed by atoms with Crippen LogP contribution in [0, 0.1) is 0 Å². The Kier molecular flexibility index (Phi) is 10.9. The van der Waals surface area contributed by atoms with Crippen molar-refractivity contribution in [1.82, 2.24) is 0 Å². The summed E-state index contributed by atoms with van der Waals surface area (Å²) in [6, 6.07) is 0. The second-order valence-corrected chi connectivity index (χ2v) is 6.49. The molecule has 0 fully saturated rings. The first-order chi connectivity index (χ1) is 9.02. The van der Waals surface area contributed by atoms with Crippen LogP contribution in [0.4, 0.5) is 0 Å². The maximum Gasteiger partial charge on any atom is 0.342 e. The Morgan fingerprint density at radius 3 is 1.89 bits per heavy atom. The number of carboxylic acid groups (broad SMARTS) is 2. The molecule has 0 saturated heterocycles. The minimum absolute atomic E-state index is 0.0870. The van der Waals surface area contributed by atoms with E-state index < -0.39 is 11.9 Å². The van der Waals surface area contributed by atoms with Gasteiger partial charge < -0.3 is 10.2 Å². The Balaban J connectivity index is 4.77. The third-order valence-electron chi connectivity index (χ3n) is 2.50. The quantitative estimate of drug-likeness (QED) is 0.441. The zero-order valence-corrected chi connectivity index (χ0v) is 13.1. The summed E-state index contributed by atoms with van der Waals surface area (Å²) in [6.07, 6.45) is 5.57. The van der Waals surface area contributed by atoms with Crippen molar-refractivity contribution >= 4 is 33.5 Å². The molecule has 0 heterocycles. The summed E-state index contributed by atoms with van der Waals surface area (Å²) in [5.41, 5.74) is 0.957. The number of aliphatic carboxylic acids is 2. The topological polar surface area (TPSA) is 74.6 Å². The van der Waals surface area contributed by atoms with Crippen LogP contribution in [-0.4, -0.2) is 27.9 Å². The van der Waals surface area contributed by atoms with E-state index in [1.165, 1.54) is 0 Å². The van der Waals surface area contributed by atoms with E-state index in [0.29, 0.717) is 4.91 Å². The zero-order chi connectivity index (χ0) is 14.7. The van der Waals surface area contributed by atoms with Crippen molar-refractivity contribution < 1.29 is 19.8 Å². The summed E-state index contributed by atoms with van der Waals surface area (Å²) >= 11 is 0. The number of allylic oxidation sites excluding steroid dienone is 1. The lowest BCUT2D eigenvalue weighted by Crippen LogP contribution is -2.03. The predicted octanol–water partition coefficient (Wildman–Crippen LogP) is 4.17. The minimum Gasteiger partial charge on any atom is -0.481 e. The van der Waals surface area contributed by atoms with Gasteiger partial charge in [-0.2, -0.15) is 0 Å². The van der Waals surface area contributed by atoms with E-state index in [4.69, 9.17) is 5.11 Å². The molecule has 0 saturated carbocycles. The molecule has 0 bridgehead atoms. The third kappa shape index (κ3) is 8.99. The molecule has 0 atom stereocenters. The van der Waals surface area contributed by atoms with E-state index in [0.717, 1.165) is 65.7 Å². The molecule has 0 aromatic rings. The summed E-state index contributed by atoms with van der Waals surface area (Å²) in [5.74, 6) is -1.95. The molecule has 0 aliphatic rings. The van der Waals surface area contributed by atoms with Crippen molar-refractivity contribution in [3.05, 3.63) is 10.5 Å². The fourth-order valence-electron chi connectivity index (χ4n) is 1.52. The van der Waals surface area contributed by atoms with Crippen LogP contribution in [0.3, 0.4) is 0 Å². The first-order valence-corrected chi connectivity index (χ1v) is 8.81. The van der Waals surface area contributed by atoms with Crippen LogP contribution < -0.4 is 0 Å². The molecule has 0 unspecified atom stereocenters. The summed E-state index contributed by atoms with van der Waals surface area (Å²) in [5, 5.41) is 17.9. The van der Waals surface area contributed by atoms with Crippen molar-refractivity contribution in [3.8, 4) is 0 Å². The van der Waals surface area contributed by atoms with Crippen molar-refractivity contribution in [2.45, 2.75) is 52.4 Å². The number of carboxylic acids is 2. The van der Waals surface area contributed by atoms with Gasteiger partial charge in [0.2, 0.25) is 0 Å². The molecular weight excluding hydrogens is 284 g/mol. The maximum absolute atomic E-state index is 11.3. The molecule has 110 valence electrons. The van der Waals surface area contributed by atoms with Gasteiger partial charge in [0, 0.05) is 0 Å². The van der Waals surface area contributed by atoms with Gasteiger partial charge in [-0.15, -0.1) is 0 Å². The smallest absolute Gasteiger partial charge is 0.342 e. The molecule has 0 aromatic carbocycles. The van der Waals surface area contributed by atoms with Crippen LogP contribution in [0.15, 0.2) is 10.5 Å². The normalized spacial score (nSPS) is 10.2. The Bertz CT molecular complexity index is 317. The molecule has 0 radical (unpaired) electrons. The summed E-state index contributed by atoms with van der Waals surface area (Å²) in [7, 11) is 2.15. The van der Waals surface area contributed by atoms with Crippen LogP contribution in [0.25, 0.3) is 0 Å². The van der Waals surface area contributed by atoms with Crippen LogP contribution in [0.2, 0.25) is 0 Å². The van der Waals surface area contributed by atoms with Crippen LogP contribution in [0.5, 0.6) is 0 Å². The Morgan fingerprint density at radius 2 is 1.53 bits per heavy atom. The second kappa shape index (κ2) is 11.2. The van der Waals surface area contributed by atoms with E-state index in [1.54, 1.807) is 0 Å². The standard InChI is InChI=1S/C13H22O4S2/c1-3-5-7-10(8-6-4-2)12(13(16)17)19-18-9-11(14)15/h3-9H2,1-2H3,(H,14,15)(H,16,17). The summed E-state index contributed by atoms with van der Waals surface area (Å²) < 4.78 is 0. The number of rotatable bonds is 11. The SMILES string of the molecule is CCCCC(CCCC)=C(SSCC(=O)O)C(=O)O. The lowest BCUT2D eigenvalue weighted by molar-refractivity contribution is -0.134. The van der Waals surface area contributed by atoms with E-state index in [-0.39, 0.29) is 5.75 Å². The second-order valence-electron chi connectivity index (χ2n) is 4.18. The van der Waals surface area contributed by atoms with Gasteiger partial charge in [0.25, 0.3) is 0 Å². The van der Waals surface area contributed by atoms with Gasteiger partial charge in [-0.05, 0) is 42.1 Å². The Labute approximate surface area is 122 Å². The third-order valence-corrected chi connectivity index (χ3v) is 4.82. The zero-order valence-electron chi connectivity index (χ0n) is 11.5. The first kappa shape index (κ1) is 18.4. The lowest BCUT2D eigenvalue weighted by atomic mass is 10.0. The molecule has 0 aliphatic carbocycles. The van der Waals surface area contributed by atoms with Gasteiger partial charge in [0.05, 0.1) is 0 Å². The van der Waals surface area contributed by atoms with Crippen molar-refractivity contribution in [3.63, 3.8) is 0 Å². The maximum atomic E-state index is 11.3. The van der Waals surface area contributed by atoms with Crippen LogP contribution in [0.1, 0.15) is 52.4 Å². The number of hydrogen-bond acceptors (Lipinski definition) is 4. The van der Waals surface area contributed by atoms with Crippen molar-refractivity contribution in [2.75, 3.05) is 5.75 Å². The predicted molar refractivity (Wildman–Crippen MR) is 81.4 cm³/mol. The highest BCUT2D eigenvalue weighted by Crippen LogP contribution is 2.35. The number of carbonyl (C=O) groups is 2. The molecule has 2 N–H and O–H groups in total. The molecule has 0 amide bonds. The molecule has 0 aromatic heterocycles. The van der Waals surface area contributed by atoms with Gasteiger partial charge in [-0.25, -0.2) is 4.79 Å². The van der Waals surface area contributed by atoms with Gasteiger partial charge in [0.15, 0.2) is 0 Å². The Morgan fingerprint density at radius 1 is 1.00 bits per heavy atom. The lowest BCUT2D eigenvalue weighted by Gasteiger charge is -2.11. The van der Waals surface area contributed by atoms with Crippen LogP contribution in [-0.2, 0) is 9.59 Å². The van der Waals surface area contributed by atoms with E-state index in [1.807, 2.05) is 0 Å². The molecule has 4 nitrogen and oxygen atoms in total. The number of unbranched alkanes of at least 4 members (excludes halogenated alkanes) is 2. The van der Waals surface area contributed by atoms with Gasteiger partial charge in [-0.1, -0.05) is 37.5 Å². The average Bonchev–Trinajstić information content (AvgIpc) is 2.35. The molecule has 0 spiro atoms.